The SMILES string of the molecule is O=C1NCCCCN(C(=O)c2cncs2)CCCCOc2ccc(Cl)cc21. The molecule has 0 saturated carbocycles. The number of carbonyl (C=O) groups is 2. The van der Waals surface area contributed by atoms with Crippen molar-refractivity contribution < 1.29 is 14.3 Å². The maximum atomic E-state index is 12.6. The van der Waals surface area contributed by atoms with Gasteiger partial charge in [-0.1, -0.05) is 11.6 Å². The zero-order chi connectivity index (χ0) is 19.1. The quantitative estimate of drug-likeness (QED) is 0.783. The summed E-state index contributed by atoms with van der Waals surface area (Å²) in [6.07, 6.45) is 4.85. The summed E-state index contributed by atoms with van der Waals surface area (Å²) in [5, 5.41) is 3.41. The number of carbonyl (C=O) groups excluding carboxylic acids is 2. The highest BCUT2D eigenvalue weighted by Gasteiger charge is 2.18. The average Bonchev–Trinajstić information content (AvgIpc) is 3.20. The van der Waals surface area contributed by atoms with E-state index in [0.717, 1.165) is 25.7 Å². The van der Waals surface area contributed by atoms with Crippen molar-refractivity contribution in [2.45, 2.75) is 25.7 Å². The summed E-state index contributed by atoms with van der Waals surface area (Å²) in [6, 6.07) is 5.07. The van der Waals surface area contributed by atoms with Gasteiger partial charge in [0.25, 0.3) is 11.8 Å². The van der Waals surface area contributed by atoms with Crippen LogP contribution < -0.4 is 10.1 Å². The first kappa shape index (κ1) is 19.6. The largest absolute Gasteiger partial charge is 0.493 e. The Bertz CT molecular complexity index is 783. The Morgan fingerprint density at radius 3 is 2.81 bits per heavy atom. The summed E-state index contributed by atoms with van der Waals surface area (Å²) in [4.78, 5) is 31.6. The summed E-state index contributed by atoms with van der Waals surface area (Å²) in [6.45, 7) is 2.35. The van der Waals surface area contributed by atoms with Gasteiger partial charge in [-0.15, -0.1) is 11.3 Å². The van der Waals surface area contributed by atoms with E-state index >= 15 is 0 Å². The molecule has 0 aliphatic carbocycles. The highest BCUT2D eigenvalue weighted by atomic mass is 35.5. The van der Waals surface area contributed by atoms with Gasteiger partial charge in [0.15, 0.2) is 0 Å². The molecule has 1 aromatic carbocycles. The third-order valence-corrected chi connectivity index (χ3v) is 5.33. The van der Waals surface area contributed by atoms with Crippen molar-refractivity contribution in [1.29, 1.82) is 0 Å². The van der Waals surface area contributed by atoms with E-state index in [0.29, 0.717) is 47.5 Å². The molecule has 0 unspecified atom stereocenters. The van der Waals surface area contributed by atoms with Crippen LogP contribution in [0.25, 0.3) is 0 Å². The van der Waals surface area contributed by atoms with Crippen LogP contribution in [-0.4, -0.2) is 47.9 Å². The molecule has 2 heterocycles. The molecule has 3 rings (SSSR count). The molecule has 1 aromatic heterocycles. The summed E-state index contributed by atoms with van der Waals surface area (Å²) in [5.41, 5.74) is 2.13. The molecule has 8 heteroatoms. The van der Waals surface area contributed by atoms with Crippen LogP contribution in [0.1, 0.15) is 45.7 Å². The van der Waals surface area contributed by atoms with E-state index in [1.165, 1.54) is 11.3 Å². The lowest BCUT2D eigenvalue weighted by atomic mass is 10.1. The van der Waals surface area contributed by atoms with Crippen molar-refractivity contribution in [1.82, 2.24) is 15.2 Å². The second-order valence-corrected chi connectivity index (χ2v) is 7.64. The van der Waals surface area contributed by atoms with E-state index < -0.39 is 0 Å². The molecule has 6 nitrogen and oxygen atoms in total. The van der Waals surface area contributed by atoms with Crippen LogP contribution >= 0.6 is 22.9 Å². The maximum absolute atomic E-state index is 12.6. The van der Waals surface area contributed by atoms with E-state index in [1.54, 1.807) is 29.9 Å². The molecule has 1 N–H and O–H groups in total. The Labute approximate surface area is 167 Å². The molecule has 2 aromatic rings. The van der Waals surface area contributed by atoms with E-state index in [9.17, 15) is 9.59 Å². The van der Waals surface area contributed by atoms with Crippen LogP contribution in [0, 0.1) is 0 Å². The smallest absolute Gasteiger partial charge is 0.265 e. The highest BCUT2D eigenvalue weighted by Crippen LogP contribution is 2.23. The molecule has 0 atom stereocenters. The molecular weight excluding hydrogens is 386 g/mol. The van der Waals surface area contributed by atoms with E-state index in [1.807, 2.05) is 4.90 Å². The van der Waals surface area contributed by atoms with Crippen LogP contribution in [-0.2, 0) is 0 Å². The fourth-order valence-corrected chi connectivity index (χ4v) is 3.67. The fourth-order valence-electron chi connectivity index (χ4n) is 2.91. The number of thiazole rings is 1. The molecule has 1 aliphatic rings. The van der Waals surface area contributed by atoms with Gasteiger partial charge >= 0.3 is 0 Å². The average molecular weight is 408 g/mol. The predicted octanol–water partition coefficient (Wildman–Crippen LogP) is 3.62. The van der Waals surface area contributed by atoms with Crippen molar-refractivity contribution in [3.8, 4) is 5.75 Å². The molecule has 0 spiro atoms. The third kappa shape index (κ3) is 5.43. The molecule has 0 radical (unpaired) electrons. The minimum absolute atomic E-state index is 0.0227. The summed E-state index contributed by atoms with van der Waals surface area (Å²) in [5.74, 6) is 0.364. The molecule has 27 heavy (non-hydrogen) atoms. The van der Waals surface area contributed by atoms with Crippen molar-refractivity contribution in [3.63, 3.8) is 0 Å². The molecule has 0 bridgehead atoms. The Balaban J connectivity index is 1.66. The number of aromatic nitrogens is 1. The summed E-state index contributed by atoms with van der Waals surface area (Å²) in [7, 11) is 0. The number of nitrogens with one attached hydrogen (secondary N) is 1. The molecular formula is C19H22ClN3O3S. The van der Waals surface area contributed by atoms with E-state index in [-0.39, 0.29) is 11.8 Å². The topological polar surface area (TPSA) is 71.5 Å². The lowest BCUT2D eigenvalue weighted by Gasteiger charge is -2.22. The number of nitrogens with zero attached hydrogens (tertiary/aromatic N) is 2. The van der Waals surface area contributed by atoms with Crippen molar-refractivity contribution in [3.05, 3.63) is 45.4 Å². The number of ether oxygens (including phenoxy) is 1. The third-order valence-electron chi connectivity index (χ3n) is 4.34. The Morgan fingerprint density at radius 2 is 2.04 bits per heavy atom. The van der Waals surface area contributed by atoms with Crippen LogP contribution in [0.15, 0.2) is 29.9 Å². The van der Waals surface area contributed by atoms with Crippen LogP contribution in [0.5, 0.6) is 5.75 Å². The zero-order valence-corrected chi connectivity index (χ0v) is 16.5. The first-order valence-corrected chi connectivity index (χ1v) is 10.3. The lowest BCUT2D eigenvalue weighted by molar-refractivity contribution is 0.0749. The number of hydrogen-bond acceptors (Lipinski definition) is 5. The van der Waals surface area contributed by atoms with Gasteiger partial charge < -0.3 is 15.0 Å². The molecule has 2 amide bonds. The first-order valence-electron chi connectivity index (χ1n) is 9.03. The first-order chi connectivity index (χ1) is 13.1. The van der Waals surface area contributed by atoms with Crippen LogP contribution in [0.3, 0.4) is 0 Å². The molecule has 1 aliphatic heterocycles. The van der Waals surface area contributed by atoms with Crippen LogP contribution in [0.2, 0.25) is 5.02 Å². The van der Waals surface area contributed by atoms with Gasteiger partial charge in [0, 0.05) is 24.7 Å². The highest BCUT2D eigenvalue weighted by molar-refractivity contribution is 7.11. The minimum Gasteiger partial charge on any atom is -0.493 e. The zero-order valence-electron chi connectivity index (χ0n) is 14.9. The fraction of sp³-hybridized carbons (Fsp3) is 0.421. The predicted molar refractivity (Wildman–Crippen MR) is 106 cm³/mol. The lowest BCUT2D eigenvalue weighted by Crippen LogP contribution is -2.33. The number of halogens is 1. The van der Waals surface area contributed by atoms with Crippen molar-refractivity contribution in [2.75, 3.05) is 26.2 Å². The van der Waals surface area contributed by atoms with Gasteiger partial charge in [0.1, 0.15) is 10.6 Å². The summed E-state index contributed by atoms with van der Waals surface area (Å²) < 4.78 is 5.79. The number of rotatable bonds is 1. The van der Waals surface area contributed by atoms with Gasteiger partial charge in [-0.05, 0) is 43.9 Å². The van der Waals surface area contributed by atoms with E-state index in [4.69, 9.17) is 16.3 Å². The molecule has 0 fully saturated rings. The van der Waals surface area contributed by atoms with Crippen LogP contribution in [0.4, 0.5) is 0 Å². The van der Waals surface area contributed by atoms with Gasteiger partial charge in [0.05, 0.1) is 23.9 Å². The second kappa shape index (κ2) is 9.71. The van der Waals surface area contributed by atoms with Gasteiger partial charge in [0.2, 0.25) is 0 Å². The minimum atomic E-state index is -0.192. The van der Waals surface area contributed by atoms with Gasteiger partial charge in [-0.3, -0.25) is 14.6 Å². The van der Waals surface area contributed by atoms with Gasteiger partial charge in [-0.2, -0.15) is 0 Å². The summed E-state index contributed by atoms with van der Waals surface area (Å²) >= 11 is 7.38. The second-order valence-electron chi connectivity index (χ2n) is 6.32. The number of benzene rings is 1. The maximum Gasteiger partial charge on any atom is 0.265 e. The number of fused-ring (bicyclic) bond motifs is 1. The Kier molecular flexibility index (Phi) is 7.06. The Morgan fingerprint density at radius 1 is 1.22 bits per heavy atom. The molecule has 144 valence electrons. The molecule has 0 saturated heterocycles. The standard InChI is InChI=1S/C19H22ClN3O3S/c20-14-5-6-16-15(11-14)18(24)22-7-1-2-8-23(9-3-4-10-26-16)19(25)17-12-21-13-27-17/h5-6,11-13H,1-4,7-10H2,(H,22,24). The number of hydrogen-bond donors (Lipinski definition) is 1. The number of amides is 2. The van der Waals surface area contributed by atoms with E-state index in [2.05, 4.69) is 10.3 Å². The normalized spacial score (nSPS) is 16.6. The van der Waals surface area contributed by atoms with Crippen molar-refractivity contribution in [2.24, 2.45) is 0 Å². The van der Waals surface area contributed by atoms with Crippen molar-refractivity contribution >= 4 is 34.8 Å². The van der Waals surface area contributed by atoms with Gasteiger partial charge in [-0.25, -0.2) is 0 Å². The Hall–Kier alpha value is -2.12. The monoisotopic (exact) mass is 407 g/mol.